The van der Waals surface area contributed by atoms with Crippen LogP contribution < -0.4 is 5.32 Å². The van der Waals surface area contributed by atoms with Gasteiger partial charge in [0.15, 0.2) is 0 Å². The predicted molar refractivity (Wildman–Crippen MR) is 69.8 cm³/mol. The second kappa shape index (κ2) is 6.36. The summed E-state index contributed by atoms with van der Waals surface area (Å²) in [6, 6.07) is 10.8. The van der Waals surface area contributed by atoms with Crippen LogP contribution in [0, 0.1) is 5.82 Å². The van der Waals surface area contributed by atoms with E-state index in [4.69, 9.17) is 4.42 Å². The lowest BCUT2D eigenvalue weighted by atomic mass is 10.0. The zero-order chi connectivity index (χ0) is 12.8. The zero-order valence-corrected chi connectivity index (χ0v) is 10.5. The van der Waals surface area contributed by atoms with Crippen LogP contribution in [-0.4, -0.2) is 6.54 Å². The molecule has 1 atom stereocenters. The summed E-state index contributed by atoms with van der Waals surface area (Å²) in [7, 11) is 0. The summed E-state index contributed by atoms with van der Waals surface area (Å²) in [5.74, 6) is 0.792. The molecule has 96 valence electrons. The maximum absolute atomic E-state index is 12.9. The molecule has 3 heteroatoms. The lowest BCUT2D eigenvalue weighted by Gasteiger charge is -2.17. The molecule has 2 nitrogen and oxygen atoms in total. The Labute approximate surface area is 107 Å². The number of furan rings is 1. The van der Waals surface area contributed by atoms with E-state index in [0.29, 0.717) is 0 Å². The van der Waals surface area contributed by atoms with E-state index in [2.05, 4.69) is 12.2 Å². The van der Waals surface area contributed by atoms with Gasteiger partial charge in [0.25, 0.3) is 0 Å². The third kappa shape index (κ3) is 3.44. The van der Waals surface area contributed by atoms with Crippen LogP contribution in [0.25, 0.3) is 0 Å². The van der Waals surface area contributed by atoms with E-state index in [0.717, 1.165) is 30.7 Å². The van der Waals surface area contributed by atoms with Crippen LogP contribution in [0.15, 0.2) is 47.1 Å². The second-order valence-electron chi connectivity index (χ2n) is 4.30. The van der Waals surface area contributed by atoms with Gasteiger partial charge in [-0.05, 0) is 36.2 Å². The van der Waals surface area contributed by atoms with Gasteiger partial charge in [-0.3, -0.25) is 0 Å². The van der Waals surface area contributed by atoms with E-state index >= 15 is 0 Å². The molecule has 2 aromatic rings. The minimum atomic E-state index is -0.191. The SMILES string of the molecule is CCC(NCCc1ccco1)c1ccc(F)cc1. The second-order valence-corrected chi connectivity index (χ2v) is 4.30. The molecule has 0 aliphatic rings. The number of hydrogen-bond acceptors (Lipinski definition) is 2. The van der Waals surface area contributed by atoms with Crippen molar-refractivity contribution in [2.24, 2.45) is 0 Å². The average molecular weight is 247 g/mol. The lowest BCUT2D eigenvalue weighted by Crippen LogP contribution is -2.23. The highest BCUT2D eigenvalue weighted by molar-refractivity contribution is 5.19. The molecule has 18 heavy (non-hydrogen) atoms. The molecule has 0 amide bonds. The topological polar surface area (TPSA) is 25.2 Å². The highest BCUT2D eigenvalue weighted by Crippen LogP contribution is 2.16. The van der Waals surface area contributed by atoms with Gasteiger partial charge in [-0.1, -0.05) is 19.1 Å². The van der Waals surface area contributed by atoms with E-state index in [1.54, 1.807) is 6.26 Å². The van der Waals surface area contributed by atoms with Crippen molar-refractivity contribution in [3.05, 3.63) is 59.8 Å². The van der Waals surface area contributed by atoms with E-state index in [1.807, 2.05) is 24.3 Å². The Morgan fingerprint density at radius 1 is 1.22 bits per heavy atom. The predicted octanol–water partition coefficient (Wildman–Crippen LogP) is 3.70. The van der Waals surface area contributed by atoms with Crippen molar-refractivity contribution in [2.75, 3.05) is 6.54 Å². The van der Waals surface area contributed by atoms with Crippen LogP contribution in [0.5, 0.6) is 0 Å². The van der Waals surface area contributed by atoms with Gasteiger partial charge < -0.3 is 9.73 Å². The van der Waals surface area contributed by atoms with Crippen molar-refractivity contribution in [2.45, 2.75) is 25.8 Å². The summed E-state index contributed by atoms with van der Waals surface area (Å²) in [6.07, 6.45) is 3.53. The van der Waals surface area contributed by atoms with Crippen LogP contribution in [0.3, 0.4) is 0 Å². The highest BCUT2D eigenvalue weighted by atomic mass is 19.1. The lowest BCUT2D eigenvalue weighted by molar-refractivity contribution is 0.471. The van der Waals surface area contributed by atoms with Crippen LogP contribution in [-0.2, 0) is 6.42 Å². The Balaban J connectivity index is 1.87. The molecule has 1 aromatic heterocycles. The largest absolute Gasteiger partial charge is 0.469 e. The maximum atomic E-state index is 12.9. The molecule has 1 aromatic carbocycles. The van der Waals surface area contributed by atoms with Gasteiger partial charge in [0, 0.05) is 19.0 Å². The zero-order valence-electron chi connectivity index (χ0n) is 10.5. The van der Waals surface area contributed by atoms with Crippen LogP contribution in [0.4, 0.5) is 4.39 Å². The van der Waals surface area contributed by atoms with Crippen LogP contribution in [0.1, 0.15) is 30.7 Å². The number of benzene rings is 1. The molecule has 2 rings (SSSR count). The van der Waals surface area contributed by atoms with Gasteiger partial charge in [-0.25, -0.2) is 4.39 Å². The molecular weight excluding hydrogens is 229 g/mol. The molecule has 0 radical (unpaired) electrons. The molecule has 0 aliphatic heterocycles. The molecule has 0 fully saturated rings. The normalized spacial score (nSPS) is 12.6. The van der Waals surface area contributed by atoms with Gasteiger partial charge in [-0.2, -0.15) is 0 Å². The van der Waals surface area contributed by atoms with Crippen molar-refractivity contribution in [1.82, 2.24) is 5.32 Å². The number of nitrogens with one attached hydrogen (secondary N) is 1. The smallest absolute Gasteiger partial charge is 0.123 e. The van der Waals surface area contributed by atoms with E-state index < -0.39 is 0 Å². The van der Waals surface area contributed by atoms with Gasteiger partial charge in [0.2, 0.25) is 0 Å². The number of halogens is 1. The summed E-state index contributed by atoms with van der Waals surface area (Å²) < 4.78 is 18.1. The third-order valence-electron chi connectivity index (χ3n) is 3.02. The Bertz CT molecular complexity index is 450. The minimum absolute atomic E-state index is 0.191. The average Bonchev–Trinajstić information content (AvgIpc) is 2.89. The summed E-state index contributed by atoms with van der Waals surface area (Å²) in [4.78, 5) is 0. The quantitative estimate of drug-likeness (QED) is 0.842. The molecule has 1 unspecified atom stereocenters. The van der Waals surface area contributed by atoms with Crippen LogP contribution >= 0.6 is 0 Å². The van der Waals surface area contributed by atoms with Crippen molar-refractivity contribution in [1.29, 1.82) is 0 Å². The Kier molecular flexibility index (Phi) is 4.53. The standard InChI is InChI=1S/C15H18FNO/c1-2-15(12-5-7-13(16)8-6-12)17-10-9-14-4-3-11-18-14/h3-8,11,15,17H,2,9-10H2,1H3. The molecular formula is C15H18FNO. The molecule has 0 bridgehead atoms. The molecule has 0 saturated heterocycles. The van der Waals surface area contributed by atoms with Crippen LogP contribution in [0.2, 0.25) is 0 Å². The third-order valence-corrected chi connectivity index (χ3v) is 3.02. The first kappa shape index (κ1) is 12.8. The summed E-state index contributed by atoms with van der Waals surface area (Å²) >= 11 is 0. The first-order valence-electron chi connectivity index (χ1n) is 6.31. The highest BCUT2D eigenvalue weighted by Gasteiger charge is 2.08. The Hall–Kier alpha value is -1.61. The fourth-order valence-corrected chi connectivity index (χ4v) is 2.02. The first-order chi connectivity index (χ1) is 8.79. The number of rotatable bonds is 6. The fourth-order valence-electron chi connectivity index (χ4n) is 2.02. The molecule has 0 aliphatic carbocycles. The van der Waals surface area contributed by atoms with Crippen molar-refractivity contribution in [3.8, 4) is 0 Å². The van der Waals surface area contributed by atoms with Crippen molar-refractivity contribution >= 4 is 0 Å². The van der Waals surface area contributed by atoms with Crippen molar-refractivity contribution in [3.63, 3.8) is 0 Å². The van der Waals surface area contributed by atoms with E-state index in [9.17, 15) is 4.39 Å². The molecule has 0 spiro atoms. The summed E-state index contributed by atoms with van der Waals surface area (Å²) in [5, 5.41) is 3.46. The Morgan fingerprint density at radius 2 is 2.00 bits per heavy atom. The summed E-state index contributed by atoms with van der Waals surface area (Å²) in [6.45, 7) is 2.97. The first-order valence-corrected chi connectivity index (χ1v) is 6.31. The monoisotopic (exact) mass is 247 g/mol. The van der Waals surface area contributed by atoms with Gasteiger partial charge >= 0.3 is 0 Å². The van der Waals surface area contributed by atoms with Crippen molar-refractivity contribution < 1.29 is 8.81 Å². The molecule has 0 saturated carbocycles. The van der Waals surface area contributed by atoms with Gasteiger partial charge in [0.05, 0.1) is 6.26 Å². The Morgan fingerprint density at radius 3 is 2.61 bits per heavy atom. The van der Waals surface area contributed by atoms with E-state index in [-0.39, 0.29) is 11.9 Å². The fraction of sp³-hybridized carbons (Fsp3) is 0.333. The van der Waals surface area contributed by atoms with E-state index in [1.165, 1.54) is 12.1 Å². The summed E-state index contributed by atoms with van der Waals surface area (Å²) in [5.41, 5.74) is 1.12. The van der Waals surface area contributed by atoms with Gasteiger partial charge in [0.1, 0.15) is 11.6 Å². The minimum Gasteiger partial charge on any atom is -0.469 e. The molecule has 1 N–H and O–H groups in total. The number of hydrogen-bond donors (Lipinski definition) is 1. The van der Waals surface area contributed by atoms with Gasteiger partial charge in [-0.15, -0.1) is 0 Å². The maximum Gasteiger partial charge on any atom is 0.123 e. The molecule has 1 heterocycles.